The summed E-state index contributed by atoms with van der Waals surface area (Å²) in [7, 11) is 0. The highest BCUT2D eigenvalue weighted by Gasteiger charge is 2.09. The number of hydrogen-bond acceptors (Lipinski definition) is 2. The summed E-state index contributed by atoms with van der Waals surface area (Å²) in [5.41, 5.74) is 9.37. The van der Waals surface area contributed by atoms with Crippen LogP contribution in [0.4, 0.5) is 0 Å². The van der Waals surface area contributed by atoms with Gasteiger partial charge in [-0.1, -0.05) is 48.0 Å². The first-order valence-corrected chi connectivity index (χ1v) is 6.75. The van der Waals surface area contributed by atoms with Crippen molar-refractivity contribution < 1.29 is 4.79 Å². The smallest absolute Gasteiger partial charge is 0.249 e. The van der Waals surface area contributed by atoms with Crippen molar-refractivity contribution in [2.45, 2.75) is 26.4 Å². The van der Waals surface area contributed by atoms with E-state index in [4.69, 9.17) is 5.73 Å². The molecule has 3 heteroatoms. The van der Waals surface area contributed by atoms with Crippen molar-refractivity contribution in [2.75, 3.05) is 0 Å². The normalized spacial score (nSPS) is 12.1. The molecule has 0 radical (unpaired) electrons. The highest BCUT2D eigenvalue weighted by Crippen LogP contribution is 2.15. The minimum absolute atomic E-state index is 0.219. The van der Waals surface area contributed by atoms with Gasteiger partial charge in [0.2, 0.25) is 5.91 Å². The van der Waals surface area contributed by atoms with Crippen molar-refractivity contribution >= 4 is 5.91 Å². The van der Waals surface area contributed by atoms with Gasteiger partial charge in [-0.2, -0.15) is 0 Å². The van der Waals surface area contributed by atoms with Crippen LogP contribution in [0.15, 0.2) is 48.5 Å². The third-order valence-electron chi connectivity index (χ3n) is 3.46. The molecule has 0 bridgehead atoms. The largest absolute Gasteiger partial charge is 0.366 e. The quantitative estimate of drug-likeness (QED) is 0.876. The first-order chi connectivity index (χ1) is 9.58. The number of rotatable bonds is 5. The molecule has 0 saturated carbocycles. The number of nitrogens with one attached hydrogen (secondary N) is 1. The maximum Gasteiger partial charge on any atom is 0.249 e. The summed E-state index contributed by atoms with van der Waals surface area (Å²) in [4.78, 5) is 11.4. The Labute approximate surface area is 119 Å². The van der Waals surface area contributed by atoms with Crippen LogP contribution in [0.25, 0.3) is 0 Å². The van der Waals surface area contributed by atoms with Gasteiger partial charge in [-0.15, -0.1) is 0 Å². The predicted octanol–water partition coefficient (Wildman–Crippen LogP) is 2.94. The fraction of sp³-hybridized carbons (Fsp3) is 0.235. The Hall–Kier alpha value is -2.13. The van der Waals surface area contributed by atoms with Crippen LogP contribution in [0.3, 0.4) is 0 Å². The molecule has 0 heterocycles. The molecule has 1 atom stereocenters. The highest BCUT2D eigenvalue weighted by molar-refractivity contribution is 5.94. The van der Waals surface area contributed by atoms with Crippen molar-refractivity contribution in [3.8, 4) is 0 Å². The Morgan fingerprint density at radius 3 is 2.45 bits per heavy atom. The molecule has 0 unspecified atom stereocenters. The second-order valence-corrected chi connectivity index (χ2v) is 5.03. The molecule has 2 aromatic carbocycles. The SMILES string of the molecule is Cc1ccc([C@@H](C)NCc2ccccc2C(N)=O)cc1. The number of nitrogens with two attached hydrogens (primary N) is 1. The lowest BCUT2D eigenvalue weighted by Crippen LogP contribution is -2.21. The van der Waals surface area contributed by atoms with Gasteiger partial charge in [-0.25, -0.2) is 0 Å². The van der Waals surface area contributed by atoms with Gasteiger partial charge in [0.1, 0.15) is 0 Å². The average Bonchev–Trinajstić information content (AvgIpc) is 2.45. The maximum absolute atomic E-state index is 11.4. The monoisotopic (exact) mass is 268 g/mol. The summed E-state index contributed by atoms with van der Waals surface area (Å²) in [6.45, 7) is 4.80. The number of carbonyl (C=O) groups excluding carboxylic acids is 1. The van der Waals surface area contributed by atoms with Crippen LogP contribution in [-0.2, 0) is 6.54 Å². The van der Waals surface area contributed by atoms with Crippen molar-refractivity contribution in [1.29, 1.82) is 0 Å². The number of aryl methyl sites for hydroxylation is 1. The minimum Gasteiger partial charge on any atom is -0.366 e. The summed E-state index contributed by atoms with van der Waals surface area (Å²) in [5, 5.41) is 3.42. The molecule has 0 aliphatic carbocycles. The summed E-state index contributed by atoms with van der Waals surface area (Å²) < 4.78 is 0. The summed E-state index contributed by atoms with van der Waals surface area (Å²) in [5.74, 6) is -0.384. The van der Waals surface area contributed by atoms with Crippen LogP contribution in [0, 0.1) is 6.92 Å². The molecule has 2 rings (SSSR count). The van der Waals surface area contributed by atoms with Crippen molar-refractivity contribution in [1.82, 2.24) is 5.32 Å². The van der Waals surface area contributed by atoms with E-state index in [0.717, 1.165) is 5.56 Å². The third-order valence-corrected chi connectivity index (χ3v) is 3.46. The van der Waals surface area contributed by atoms with Gasteiger partial charge in [0.05, 0.1) is 0 Å². The Morgan fingerprint density at radius 2 is 1.80 bits per heavy atom. The summed E-state index contributed by atoms with van der Waals surface area (Å²) in [6.07, 6.45) is 0. The van der Waals surface area contributed by atoms with Gasteiger partial charge in [-0.05, 0) is 31.0 Å². The molecule has 0 aromatic heterocycles. The molecule has 1 amide bonds. The molecule has 20 heavy (non-hydrogen) atoms. The zero-order chi connectivity index (χ0) is 14.5. The molecule has 0 spiro atoms. The van der Waals surface area contributed by atoms with E-state index in [1.54, 1.807) is 6.07 Å². The Kier molecular flexibility index (Phi) is 4.53. The fourth-order valence-electron chi connectivity index (χ4n) is 2.15. The lowest BCUT2D eigenvalue weighted by molar-refractivity contribution is 0.0999. The fourth-order valence-corrected chi connectivity index (χ4v) is 2.15. The molecule has 3 nitrogen and oxygen atoms in total. The maximum atomic E-state index is 11.4. The number of hydrogen-bond donors (Lipinski definition) is 2. The lowest BCUT2D eigenvalue weighted by atomic mass is 10.0. The van der Waals surface area contributed by atoms with Crippen molar-refractivity contribution in [3.05, 3.63) is 70.8 Å². The van der Waals surface area contributed by atoms with Crippen molar-refractivity contribution in [3.63, 3.8) is 0 Å². The number of primary amides is 1. The van der Waals surface area contributed by atoms with E-state index in [2.05, 4.69) is 43.4 Å². The second-order valence-electron chi connectivity index (χ2n) is 5.03. The lowest BCUT2D eigenvalue weighted by Gasteiger charge is -2.15. The highest BCUT2D eigenvalue weighted by atomic mass is 16.1. The van der Waals surface area contributed by atoms with E-state index >= 15 is 0 Å². The van der Waals surface area contributed by atoms with Gasteiger partial charge in [0.15, 0.2) is 0 Å². The van der Waals surface area contributed by atoms with E-state index in [0.29, 0.717) is 12.1 Å². The Bertz CT molecular complexity index is 590. The molecule has 0 aliphatic heterocycles. The molecular weight excluding hydrogens is 248 g/mol. The van der Waals surface area contributed by atoms with Gasteiger partial charge in [-0.3, -0.25) is 4.79 Å². The van der Waals surface area contributed by atoms with E-state index in [9.17, 15) is 4.79 Å². The number of amides is 1. The molecule has 0 aliphatic rings. The van der Waals surface area contributed by atoms with E-state index < -0.39 is 0 Å². The van der Waals surface area contributed by atoms with Crippen LogP contribution in [0.2, 0.25) is 0 Å². The Morgan fingerprint density at radius 1 is 1.15 bits per heavy atom. The van der Waals surface area contributed by atoms with Crippen LogP contribution in [-0.4, -0.2) is 5.91 Å². The van der Waals surface area contributed by atoms with E-state index in [1.807, 2.05) is 18.2 Å². The molecule has 3 N–H and O–H groups in total. The average molecular weight is 268 g/mol. The first-order valence-electron chi connectivity index (χ1n) is 6.75. The number of carbonyl (C=O) groups is 1. The standard InChI is InChI=1S/C17H20N2O/c1-12-7-9-14(10-8-12)13(2)19-11-15-5-3-4-6-16(15)17(18)20/h3-10,13,19H,11H2,1-2H3,(H2,18,20)/t13-/m1/s1. The topological polar surface area (TPSA) is 55.1 Å². The molecule has 0 fully saturated rings. The second kappa shape index (κ2) is 6.35. The Balaban J connectivity index is 2.05. The van der Waals surface area contributed by atoms with Crippen LogP contribution in [0.1, 0.15) is 40.0 Å². The minimum atomic E-state index is -0.384. The van der Waals surface area contributed by atoms with Gasteiger partial charge in [0.25, 0.3) is 0 Å². The number of benzene rings is 2. The van der Waals surface area contributed by atoms with Crippen LogP contribution < -0.4 is 11.1 Å². The predicted molar refractivity (Wildman–Crippen MR) is 81.4 cm³/mol. The zero-order valence-electron chi connectivity index (χ0n) is 11.9. The summed E-state index contributed by atoms with van der Waals surface area (Å²) in [6, 6.07) is 16.1. The zero-order valence-corrected chi connectivity index (χ0v) is 11.9. The van der Waals surface area contributed by atoms with Gasteiger partial charge < -0.3 is 11.1 Å². The van der Waals surface area contributed by atoms with Gasteiger partial charge >= 0.3 is 0 Å². The van der Waals surface area contributed by atoms with Crippen molar-refractivity contribution in [2.24, 2.45) is 5.73 Å². The first kappa shape index (κ1) is 14.3. The molecular formula is C17H20N2O. The third kappa shape index (κ3) is 3.45. The van der Waals surface area contributed by atoms with Crippen LogP contribution >= 0.6 is 0 Å². The van der Waals surface area contributed by atoms with E-state index in [-0.39, 0.29) is 11.9 Å². The molecule has 104 valence electrons. The molecule has 2 aromatic rings. The summed E-state index contributed by atoms with van der Waals surface area (Å²) >= 11 is 0. The molecule has 0 saturated heterocycles. The van der Waals surface area contributed by atoms with Gasteiger partial charge in [0, 0.05) is 18.2 Å². The van der Waals surface area contributed by atoms with Crippen LogP contribution in [0.5, 0.6) is 0 Å². The van der Waals surface area contributed by atoms with E-state index in [1.165, 1.54) is 11.1 Å².